The summed E-state index contributed by atoms with van der Waals surface area (Å²) in [5.41, 5.74) is -1.37. The van der Waals surface area contributed by atoms with E-state index < -0.39 is 28.8 Å². The molecule has 0 saturated heterocycles. The maximum Gasteiger partial charge on any atom is 0.416 e. The maximum atomic E-state index is 14.8. The van der Waals surface area contributed by atoms with Gasteiger partial charge in [0.1, 0.15) is 5.82 Å². The lowest BCUT2D eigenvalue weighted by Crippen LogP contribution is -2.34. The summed E-state index contributed by atoms with van der Waals surface area (Å²) < 4.78 is 52.6. The number of carbonyl (C=O) groups excluding carboxylic acids is 2. The van der Waals surface area contributed by atoms with Crippen LogP contribution in [0.25, 0.3) is 6.08 Å². The average molecular weight is 442 g/mol. The minimum atomic E-state index is -4.50. The van der Waals surface area contributed by atoms with E-state index in [1.165, 1.54) is 12.1 Å². The lowest BCUT2D eigenvalue weighted by molar-refractivity contribution is -0.137. The third-order valence-electron chi connectivity index (χ3n) is 4.23. The van der Waals surface area contributed by atoms with Gasteiger partial charge in [0, 0.05) is 28.7 Å². The van der Waals surface area contributed by atoms with Crippen LogP contribution in [0.5, 0.6) is 0 Å². The Balaban J connectivity index is 2.20. The zero-order valence-electron chi connectivity index (χ0n) is 16.5. The Labute approximate surface area is 176 Å². The Morgan fingerprint density at radius 3 is 2.17 bits per heavy atom. The van der Waals surface area contributed by atoms with Gasteiger partial charge in [0.05, 0.1) is 10.6 Å². The van der Waals surface area contributed by atoms with Crippen molar-refractivity contribution in [3.05, 3.63) is 75.6 Å². The molecule has 0 atom stereocenters. The predicted molar refractivity (Wildman–Crippen MR) is 108 cm³/mol. The van der Waals surface area contributed by atoms with Crippen LogP contribution in [-0.2, 0) is 17.5 Å². The normalized spacial score (nSPS) is 12.3. The summed E-state index contributed by atoms with van der Waals surface area (Å²) >= 11 is 6.02. The van der Waals surface area contributed by atoms with E-state index in [0.29, 0.717) is 0 Å². The van der Waals surface area contributed by atoms with Crippen molar-refractivity contribution in [2.45, 2.75) is 33.5 Å². The number of rotatable bonds is 5. The van der Waals surface area contributed by atoms with Crippen LogP contribution in [0, 0.1) is 11.2 Å². The first-order chi connectivity index (χ1) is 13.8. The average Bonchev–Trinajstić information content (AvgIpc) is 2.65. The number of amides is 1. The van der Waals surface area contributed by atoms with Crippen molar-refractivity contribution in [1.29, 1.82) is 0 Å². The molecule has 0 bridgehead atoms. The summed E-state index contributed by atoms with van der Waals surface area (Å²) in [5, 5.41) is 2.68. The van der Waals surface area contributed by atoms with Gasteiger partial charge in [-0.3, -0.25) is 9.59 Å². The van der Waals surface area contributed by atoms with Crippen LogP contribution in [0.3, 0.4) is 0 Å². The first-order valence-corrected chi connectivity index (χ1v) is 9.33. The molecule has 3 nitrogen and oxygen atoms in total. The highest BCUT2D eigenvalue weighted by Gasteiger charge is 2.30. The molecule has 0 aliphatic rings. The molecule has 0 radical (unpaired) electrons. The Morgan fingerprint density at radius 2 is 1.63 bits per heavy atom. The molecule has 160 valence electrons. The predicted octanol–water partition coefficient (Wildman–Crippen LogP) is 6.06. The van der Waals surface area contributed by atoms with E-state index in [0.717, 1.165) is 36.4 Å². The fourth-order valence-corrected chi connectivity index (χ4v) is 2.63. The number of carbonyl (C=O) groups is 2. The monoisotopic (exact) mass is 441 g/mol. The summed E-state index contributed by atoms with van der Waals surface area (Å²) in [6.45, 7) is 5.11. The molecule has 2 aromatic rings. The van der Waals surface area contributed by atoms with E-state index in [9.17, 15) is 27.2 Å². The van der Waals surface area contributed by atoms with Crippen molar-refractivity contribution in [3.8, 4) is 0 Å². The van der Waals surface area contributed by atoms with Gasteiger partial charge >= 0.3 is 6.18 Å². The molecular formula is C22H20ClF4NO2. The van der Waals surface area contributed by atoms with Crippen molar-refractivity contribution in [1.82, 2.24) is 5.32 Å². The Morgan fingerprint density at radius 1 is 1.03 bits per heavy atom. The molecule has 0 aliphatic heterocycles. The lowest BCUT2D eigenvalue weighted by atomic mass is 9.95. The van der Waals surface area contributed by atoms with Crippen LogP contribution < -0.4 is 5.32 Å². The fourth-order valence-electron chi connectivity index (χ4n) is 2.42. The zero-order valence-corrected chi connectivity index (χ0v) is 17.3. The molecule has 30 heavy (non-hydrogen) atoms. The molecule has 1 N–H and O–H groups in total. The summed E-state index contributed by atoms with van der Waals surface area (Å²) in [5.74, 6) is -1.56. The van der Waals surface area contributed by atoms with Crippen molar-refractivity contribution in [2.24, 2.45) is 5.41 Å². The van der Waals surface area contributed by atoms with E-state index in [-0.39, 0.29) is 34.2 Å². The third kappa shape index (κ3) is 5.92. The van der Waals surface area contributed by atoms with Gasteiger partial charge in [-0.05, 0) is 30.4 Å². The molecule has 0 heterocycles. The number of benzene rings is 2. The van der Waals surface area contributed by atoms with Crippen LogP contribution in [0.1, 0.15) is 47.8 Å². The van der Waals surface area contributed by atoms with Gasteiger partial charge in [0.25, 0.3) is 0 Å². The van der Waals surface area contributed by atoms with Crippen LogP contribution >= 0.6 is 11.6 Å². The third-order valence-corrected chi connectivity index (χ3v) is 4.55. The molecule has 1 amide bonds. The standard InChI is InChI=1S/C22H20ClF4NO2/c1-21(2,3)20(30)28-12-14-6-10-17(23)16(19(14)24)9-11-18(29)13-4-7-15(8-5-13)22(25,26)27/h4-11H,12H2,1-3H3,(H,28,30)/b11-9+. The highest BCUT2D eigenvalue weighted by molar-refractivity contribution is 6.32. The number of halogens is 5. The van der Waals surface area contributed by atoms with E-state index in [1.54, 1.807) is 20.8 Å². The first-order valence-electron chi connectivity index (χ1n) is 8.95. The van der Waals surface area contributed by atoms with Crippen LogP contribution in [0.4, 0.5) is 17.6 Å². The van der Waals surface area contributed by atoms with Gasteiger partial charge in [0.15, 0.2) is 5.78 Å². The van der Waals surface area contributed by atoms with Gasteiger partial charge in [-0.25, -0.2) is 4.39 Å². The zero-order chi connectivity index (χ0) is 22.7. The maximum absolute atomic E-state index is 14.8. The number of ketones is 1. The second-order valence-corrected chi connectivity index (χ2v) is 8.05. The topological polar surface area (TPSA) is 46.2 Å². The quantitative estimate of drug-likeness (QED) is 0.348. The van der Waals surface area contributed by atoms with Gasteiger partial charge in [-0.2, -0.15) is 13.2 Å². The molecule has 0 unspecified atom stereocenters. The minimum absolute atomic E-state index is 0.0179. The number of hydrogen-bond acceptors (Lipinski definition) is 2. The molecule has 0 fully saturated rings. The van der Waals surface area contributed by atoms with Gasteiger partial charge in [0.2, 0.25) is 5.91 Å². The molecule has 0 saturated carbocycles. The van der Waals surface area contributed by atoms with E-state index in [4.69, 9.17) is 11.6 Å². The minimum Gasteiger partial charge on any atom is -0.351 e. The van der Waals surface area contributed by atoms with Crippen molar-refractivity contribution in [2.75, 3.05) is 0 Å². The van der Waals surface area contributed by atoms with Gasteiger partial charge < -0.3 is 5.32 Å². The molecule has 8 heteroatoms. The first kappa shape index (κ1) is 23.6. The Bertz CT molecular complexity index is 974. The SMILES string of the molecule is CC(C)(C)C(=O)NCc1ccc(Cl)c(/C=C/C(=O)c2ccc(C(F)(F)F)cc2)c1F. The molecule has 0 aliphatic carbocycles. The van der Waals surface area contributed by atoms with E-state index >= 15 is 0 Å². The van der Waals surface area contributed by atoms with Crippen LogP contribution in [0.15, 0.2) is 42.5 Å². The van der Waals surface area contributed by atoms with Crippen molar-refractivity contribution >= 4 is 29.4 Å². The summed E-state index contributed by atoms with van der Waals surface area (Å²) in [6.07, 6.45) is -2.31. The largest absolute Gasteiger partial charge is 0.416 e. The molecule has 2 aromatic carbocycles. The number of nitrogens with one attached hydrogen (secondary N) is 1. The summed E-state index contributed by atoms with van der Waals surface area (Å²) in [7, 11) is 0. The highest BCUT2D eigenvalue weighted by atomic mass is 35.5. The second-order valence-electron chi connectivity index (χ2n) is 7.64. The highest BCUT2D eigenvalue weighted by Crippen LogP contribution is 2.29. The van der Waals surface area contributed by atoms with E-state index in [2.05, 4.69) is 5.32 Å². The number of allylic oxidation sites excluding steroid dienone is 1. The van der Waals surface area contributed by atoms with Crippen LogP contribution in [-0.4, -0.2) is 11.7 Å². The second kappa shape index (κ2) is 9.00. The van der Waals surface area contributed by atoms with E-state index in [1.807, 2.05) is 0 Å². The smallest absolute Gasteiger partial charge is 0.351 e. The van der Waals surface area contributed by atoms with Gasteiger partial charge in [-0.1, -0.05) is 50.6 Å². The Kier molecular flexibility index (Phi) is 7.08. The van der Waals surface area contributed by atoms with Crippen molar-refractivity contribution < 1.29 is 27.2 Å². The number of alkyl halides is 3. The molecular weight excluding hydrogens is 422 g/mol. The van der Waals surface area contributed by atoms with Crippen LogP contribution in [0.2, 0.25) is 5.02 Å². The lowest BCUT2D eigenvalue weighted by Gasteiger charge is -2.18. The summed E-state index contributed by atoms with van der Waals surface area (Å²) in [6, 6.07) is 6.55. The molecule has 0 spiro atoms. The van der Waals surface area contributed by atoms with Gasteiger partial charge in [-0.15, -0.1) is 0 Å². The number of hydrogen-bond donors (Lipinski definition) is 1. The molecule has 2 rings (SSSR count). The molecule has 0 aromatic heterocycles. The summed E-state index contributed by atoms with van der Waals surface area (Å²) in [4.78, 5) is 24.2. The fraction of sp³-hybridized carbons (Fsp3) is 0.273. The van der Waals surface area contributed by atoms with Crippen molar-refractivity contribution in [3.63, 3.8) is 0 Å². The Hall–Kier alpha value is -2.67.